The minimum Gasteiger partial charge on any atom is -0.488 e. The van der Waals surface area contributed by atoms with Gasteiger partial charge in [-0.15, -0.1) is 0 Å². The van der Waals surface area contributed by atoms with E-state index in [2.05, 4.69) is 15.6 Å². The molecule has 0 spiro atoms. The average molecular weight is 480 g/mol. The van der Waals surface area contributed by atoms with Gasteiger partial charge in [0.1, 0.15) is 29.8 Å². The fraction of sp³-hybridized carbons (Fsp3) is 0.296. The van der Waals surface area contributed by atoms with E-state index in [4.69, 9.17) is 4.74 Å². The molecule has 2 atom stereocenters. The van der Waals surface area contributed by atoms with Crippen molar-refractivity contribution in [3.63, 3.8) is 0 Å². The topological polar surface area (TPSA) is 80.3 Å². The molecule has 1 heterocycles. The van der Waals surface area contributed by atoms with Crippen molar-refractivity contribution >= 4 is 17.6 Å². The number of nitrogens with zero attached hydrogens (tertiary/aromatic N) is 1. The highest BCUT2D eigenvalue weighted by Gasteiger charge is 2.28. The lowest BCUT2D eigenvalue weighted by Gasteiger charge is -2.28. The van der Waals surface area contributed by atoms with Crippen LogP contribution in [-0.4, -0.2) is 22.8 Å². The number of rotatable bonds is 7. The number of amides is 2. The van der Waals surface area contributed by atoms with Crippen molar-refractivity contribution in [3.05, 3.63) is 78.0 Å². The Balaban J connectivity index is 1.52. The molecule has 4 rings (SSSR count). The first-order valence-corrected chi connectivity index (χ1v) is 11.6. The molecule has 2 unspecified atom stereocenters. The van der Waals surface area contributed by atoms with Crippen LogP contribution < -0.4 is 15.4 Å². The third-order valence-electron chi connectivity index (χ3n) is 6.03. The van der Waals surface area contributed by atoms with E-state index in [1.165, 1.54) is 31.2 Å². The molecule has 2 amide bonds. The van der Waals surface area contributed by atoms with Gasteiger partial charge in [-0.3, -0.25) is 9.59 Å². The number of carbonyl (C=O) groups is 2. The fourth-order valence-corrected chi connectivity index (χ4v) is 4.36. The van der Waals surface area contributed by atoms with Gasteiger partial charge in [0, 0.05) is 36.1 Å². The van der Waals surface area contributed by atoms with E-state index >= 15 is 0 Å². The number of hydrogen-bond donors (Lipinski definition) is 2. The van der Waals surface area contributed by atoms with Crippen molar-refractivity contribution in [2.45, 2.75) is 45.3 Å². The SMILES string of the molecule is CC(=O)NC1CCCC(C(=O)Nc2cc(-c3ccc(F)cc3OCc3ccccc3)c(F)cn2)C1. The molecule has 0 saturated heterocycles. The molecule has 1 aliphatic carbocycles. The monoisotopic (exact) mass is 479 g/mol. The highest BCUT2D eigenvalue weighted by molar-refractivity contribution is 5.92. The van der Waals surface area contributed by atoms with Gasteiger partial charge in [0.2, 0.25) is 11.8 Å². The number of halogens is 2. The molecule has 1 aromatic heterocycles. The van der Waals surface area contributed by atoms with Gasteiger partial charge in [-0.25, -0.2) is 13.8 Å². The summed E-state index contributed by atoms with van der Waals surface area (Å²) in [6, 6.07) is 14.6. The van der Waals surface area contributed by atoms with E-state index in [9.17, 15) is 18.4 Å². The van der Waals surface area contributed by atoms with Crippen molar-refractivity contribution in [2.24, 2.45) is 5.92 Å². The first-order chi connectivity index (χ1) is 16.9. The van der Waals surface area contributed by atoms with E-state index in [-0.39, 0.29) is 47.5 Å². The smallest absolute Gasteiger partial charge is 0.228 e. The van der Waals surface area contributed by atoms with Crippen LogP contribution in [0.4, 0.5) is 14.6 Å². The van der Waals surface area contributed by atoms with E-state index in [1.54, 1.807) is 0 Å². The standard InChI is InChI=1S/C27H27F2N3O3/c1-17(33)31-21-9-5-8-19(12-21)27(34)32-26-14-23(24(29)15-30-26)22-11-10-20(28)13-25(22)35-16-18-6-3-2-4-7-18/h2-4,6-7,10-11,13-15,19,21H,5,8-9,12,16H2,1H3,(H,31,33)(H,30,32,34). The molecule has 6 nitrogen and oxygen atoms in total. The van der Waals surface area contributed by atoms with Crippen LogP contribution in [0.25, 0.3) is 11.1 Å². The van der Waals surface area contributed by atoms with Crippen LogP contribution in [0.5, 0.6) is 5.75 Å². The van der Waals surface area contributed by atoms with Crippen LogP contribution >= 0.6 is 0 Å². The lowest BCUT2D eigenvalue weighted by molar-refractivity contribution is -0.123. The summed E-state index contributed by atoms with van der Waals surface area (Å²) in [6.07, 6.45) is 3.91. The number of carbonyl (C=O) groups excluding carboxylic acids is 2. The summed E-state index contributed by atoms with van der Waals surface area (Å²) in [5.74, 6) is -1.40. The number of ether oxygens (including phenoxy) is 1. The highest BCUT2D eigenvalue weighted by atomic mass is 19.1. The number of aromatic nitrogens is 1. The van der Waals surface area contributed by atoms with Gasteiger partial charge in [0.05, 0.1) is 6.20 Å². The minimum atomic E-state index is -0.623. The molecular weight excluding hydrogens is 452 g/mol. The molecule has 1 fully saturated rings. The first kappa shape index (κ1) is 24.3. The summed E-state index contributed by atoms with van der Waals surface area (Å²) in [5, 5.41) is 5.64. The van der Waals surface area contributed by atoms with Crippen LogP contribution in [-0.2, 0) is 16.2 Å². The van der Waals surface area contributed by atoms with E-state index < -0.39 is 11.6 Å². The third-order valence-corrected chi connectivity index (χ3v) is 6.03. The zero-order valence-corrected chi connectivity index (χ0v) is 19.4. The molecule has 0 radical (unpaired) electrons. The number of benzene rings is 2. The molecule has 35 heavy (non-hydrogen) atoms. The quantitative estimate of drug-likeness (QED) is 0.486. The van der Waals surface area contributed by atoms with E-state index in [0.717, 1.165) is 24.6 Å². The maximum atomic E-state index is 14.8. The third kappa shape index (κ3) is 6.41. The molecule has 8 heteroatoms. The molecular formula is C27H27F2N3O3. The maximum absolute atomic E-state index is 14.8. The summed E-state index contributed by atoms with van der Waals surface area (Å²) >= 11 is 0. The van der Waals surface area contributed by atoms with Gasteiger partial charge in [0.25, 0.3) is 0 Å². The molecule has 3 aromatic rings. The molecule has 182 valence electrons. The van der Waals surface area contributed by atoms with Gasteiger partial charge in [-0.2, -0.15) is 0 Å². The van der Waals surface area contributed by atoms with Crippen molar-refractivity contribution < 1.29 is 23.1 Å². The van der Waals surface area contributed by atoms with Crippen LogP contribution in [0, 0.1) is 17.6 Å². The van der Waals surface area contributed by atoms with Gasteiger partial charge in [0.15, 0.2) is 0 Å². The summed E-state index contributed by atoms with van der Waals surface area (Å²) < 4.78 is 34.6. The summed E-state index contributed by atoms with van der Waals surface area (Å²) in [6.45, 7) is 1.64. The van der Waals surface area contributed by atoms with E-state index in [0.29, 0.717) is 18.4 Å². The Kier molecular flexibility index (Phi) is 7.70. The molecule has 2 aromatic carbocycles. The number of hydrogen-bond acceptors (Lipinski definition) is 4. The predicted molar refractivity (Wildman–Crippen MR) is 129 cm³/mol. The Morgan fingerprint density at radius 2 is 1.86 bits per heavy atom. The molecule has 1 saturated carbocycles. The van der Waals surface area contributed by atoms with E-state index in [1.807, 2.05) is 30.3 Å². The lowest BCUT2D eigenvalue weighted by atomic mass is 9.85. The molecule has 0 aliphatic heterocycles. The Hall–Kier alpha value is -3.81. The molecule has 0 bridgehead atoms. The zero-order valence-electron chi connectivity index (χ0n) is 19.4. The van der Waals surface area contributed by atoms with Gasteiger partial charge < -0.3 is 15.4 Å². The predicted octanol–water partition coefficient (Wildman–Crippen LogP) is 5.24. The zero-order chi connectivity index (χ0) is 24.8. The second-order valence-corrected chi connectivity index (χ2v) is 8.71. The van der Waals surface area contributed by atoms with Gasteiger partial charge in [-0.1, -0.05) is 36.8 Å². The summed E-state index contributed by atoms with van der Waals surface area (Å²) in [5.41, 5.74) is 1.37. The van der Waals surface area contributed by atoms with Crippen LogP contribution in [0.1, 0.15) is 38.2 Å². The van der Waals surface area contributed by atoms with Crippen LogP contribution in [0.2, 0.25) is 0 Å². The highest BCUT2D eigenvalue weighted by Crippen LogP contribution is 2.34. The van der Waals surface area contributed by atoms with Crippen LogP contribution in [0.3, 0.4) is 0 Å². The van der Waals surface area contributed by atoms with Crippen molar-refractivity contribution in [2.75, 3.05) is 5.32 Å². The van der Waals surface area contributed by atoms with Gasteiger partial charge in [-0.05, 0) is 43.0 Å². The number of anilines is 1. The molecule has 1 aliphatic rings. The number of nitrogens with one attached hydrogen (secondary N) is 2. The van der Waals surface area contributed by atoms with Crippen molar-refractivity contribution in [3.8, 4) is 16.9 Å². The van der Waals surface area contributed by atoms with Gasteiger partial charge >= 0.3 is 0 Å². The average Bonchev–Trinajstić information content (AvgIpc) is 2.84. The second-order valence-electron chi connectivity index (χ2n) is 8.71. The Morgan fingerprint density at radius 3 is 2.63 bits per heavy atom. The Morgan fingerprint density at radius 1 is 1.06 bits per heavy atom. The van der Waals surface area contributed by atoms with Crippen LogP contribution in [0.15, 0.2) is 60.8 Å². The minimum absolute atomic E-state index is 0.0442. The largest absolute Gasteiger partial charge is 0.488 e. The van der Waals surface area contributed by atoms with Crippen molar-refractivity contribution in [1.29, 1.82) is 0 Å². The normalized spacial score (nSPS) is 17.5. The summed E-state index contributed by atoms with van der Waals surface area (Å²) in [7, 11) is 0. The Labute approximate surface area is 202 Å². The maximum Gasteiger partial charge on any atom is 0.228 e. The summed E-state index contributed by atoms with van der Waals surface area (Å²) in [4.78, 5) is 28.3. The molecule has 2 N–H and O–H groups in total. The second kappa shape index (κ2) is 11.1. The fourth-order valence-electron chi connectivity index (χ4n) is 4.36. The number of pyridine rings is 1. The lowest BCUT2D eigenvalue weighted by Crippen LogP contribution is -2.40. The first-order valence-electron chi connectivity index (χ1n) is 11.6. The Bertz CT molecular complexity index is 1200. The van der Waals surface area contributed by atoms with Crippen molar-refractivity contribution in [1.82, 2.24) is 10.3 Å².